The molecule has 2 aromatic rings. The predicted octanol–water partition coefficient (Wildman–Crippen LogP) is 3.55. The van der Waals surface area contributed by atoms with E-state index in [9.17, 15) is 4.79 Å². The van der Waals surface area contributed by atoms with Gasteiger partial charge < -0.3 is 10.2 Å². The van der Waals surface area contributed by atoms with Crippen molar-refractivity contribution in [3.8, 4) is 0 Å². The van der Waals surface area contributed by atoms with E-state index in [0.29, 0.717) is 12.1 Å². The topological polar surface area (TPSA) is 57.6 Å². The number of anilines is 1. The van der Waals surface area contributed by atoms with Gasteiger partial charge in [0.15, 0.2) is 0 Å². The number of pyridine rings is 1. The van der Waals surface area contributed by atoms with E-state index in [-0.39, 0.29) is 5.91 Å². The van der Waals surface area contributed by atoms with E-state index >= 15 is 0 Å². The molecule has 0 bridgehead atoms. The summed E-state index contributed by atoms with van der Waals surface area (Å²) < 4.78 is 0. The van der Waals surface area contributed by atoms with Crippen molar-refractivity contribution in [3.63, 3.8) is 0 Å². The van der Waals surface area contributed by atoms with Crippen LogP contribution in [0.1, 0.15) is 23.7 Å². The highest BCUT2D eigenvalue weighted by molar-refractivity contribution is 6.16. The van der Waals surface area contributed by atoms with Crippen LogP contribution in [0.15, 0.2) is 78.2 Å². The molecule has 0 saturated carbocycles. The number of hydrogen-bond acceptors (Lipinski definition) is 4. The molecule has 1 N–H and O–H groups in total. The number of aromatic nitrogens is 1. The molecule has 2 heterocycles. The Labute approximate surface area is 159 Å². The number of hydrogen-bond donors (Lipinski definition) is 1. The molecule has 0 radical (unpaired) electrons. The Morgan fingerprint density at radius 1 is 1.26 bits per heavy atom. The Bertz CT molecular complexity index is 958. The van der Waals surface area contributed by atoms with Gasteiger partial charge >= 0.3 is 0 Å². The minimum absolute atomic E-state index is 0.141. The van der Waals surface area contributed by atoms with Crippen molar-refractivity contribution in [2.75, 3.05) is 18.5 Å². The van der Waals surface area contributed by atoms with Crippen LogP contribution in [0.4, 0.5) is 5.69 Å². The van der Waals surface area contributed by atoms with E-state index in [2.05, 4.69) is 23.5 Å². The molecule has 3 rings (SSSR count). The van der Waals surface area contributed by atoms with Gasteiger partial charge in [-0.2, -0.15) is 0 Å². The highest BCUT2D eigenvalue weighted by Gasteiger charge is 2.25. The lowest BCUT2D eigenvalue weighted by atomic mass is 10.0. The summed E-state index contributed by atoms with van der Waals surface area (Å²) in [6, 6.07) is 11.8. The molecule has 0 aliphatic carbocycles. The van der Waals surface area contributed by atoms with E-state index in [1.807, 2.05) is 41.3 Å². The Hall–Kier alpha value is -3.47. The van der Waals surface area contributed by atoms with Gasteiger partial charge in [0.05, 0.1) is 29.3 Å². The lowest BCUT2D eigenvalue weighted by molar-refractivity contribution is -0.117. The van der Waals surface area contributed by atoms with E-state index in [1.54, 1.807) is 32.4 Å². The first-order valence-electron chi connectivity index (χ1n) is 8.67. The second-order valence-corrected chi connectivity index (χ2v) is 6.06. The monoisotopic (exact) mass is 358 g/mol. The Morgan fingerprint density at radius 3 is 2.70 bits per heavy atom. The predicted molar refractivity (Wildman–Crippen MR) is 111 cm³/mol. The smallest absolute Gasteiger partial charge is 0.248 e. The SMILES string of the molecule is C=Cc1ccc2c(c1)C(c1ccccn1)=NC/C(=C(/C)C(=O)NC)N2C=C. The fourth-order valence-electron chi connectivity index (χ4n) is 3.09. The van der Waals surface area contributed by atoms with Crippen LogP contribution in [-0.2, 0) is 4.79 Å². The summed E-state index contributed by atoms with van der Waals surface area (Å²) in [6.07, 6.45) is 5.26. The molecule has 5 heteroatoms. The van der Waals surface area contributed by atoms with E-state index in [4.69, 9.17) is 4.99 Å². The molecule has 136 valence electrons. The summed E-state index contributed by atoms with van der Waals surface area (Å²) >= 11 is 0. The number of carbonyl (C=O) groups excluding carboxylic acids is 1. The first kappa shape index (κ1) is 18.3. The molecule has 5 nitrogen and oxygen atoms in total. The Morgan fingerprint density at radius 2 is 2.07 bits per heavy atom. The van der Waals surface area contributed by atoms with Crippen LogP contribution in [0.25, 0.3) is 6.08 Å². The molecule has 1 aromatic carbocycles. The number of amides is 1. The molecule has 0 saturated heterocycles. The van der Waals surface area contributed by atoms with Crippen LogP contribution < -0.4 is 10.2 Å². The first-order valence-corrected chi connectivity index (χ1v) is 8.67. The zero-order valence-corrected chi connectivity index (χ0v) is 15.6. The summed E-state index contributed by atoms with van der Waals surface area (Å²) in [5, 5.41) is 2.68. The number of nitrogens with one attached hydrogen (secondary N) is 1. The van der Waals surface area contributed by atoms with E-state index < -0.39 is 0 Å². The van der Waals surface area contributed by atoms with Crippen molar-refractivity contribution < 1.29 is 4.79 Å². The number of fused-ring (bicyclic) bond motifs is 1. The summed E-state index contributed by atoms with van der Waals surface area (Å²) in [7, 11) is 1.62. The number of rotatable bonds is 4. The quantitative estimate of drug-likeness (QED) is 0.851. The molecule has 1 amide bonds. The molecule has 0 unspecified atom stereocenters. The van der Waals surface area contributed by atoms with Crippen LogP contribution in [-0.4, -0.2) is 30.2 Å². The second kappa shape index (κ2) is 7.83. The van der Waals surface area contributed by atoms with Crippen molar-refractivity contribution in [2.45, 2.75) is 6.92 Å². The van der Waals surface area contributed by atoms with Gasteiger partial charge in [0.25, 0.3) is 0 Å². The minimum Gasteiger partial charge on any atom is -0.355 e. The zero-order chi connectivity index (χ0) is 19.4. The molecule has 1 aliphatic heterocycles. The van der Waals surface area contributed by atoms with Crippen molar-refractivity contribution in [3.05, 3.63) is 90.0 Å². The molecule has 0 spiro atoms. The van der Waals surface area contributed by atoms with Gasteiger partial charge in [0.1, 0.15) is 0 Å². The van der Waals surface area contributed by atoms with Gasteiger partial charge in [-0.25, -0.2) is 0 Å². The molecular formula is C22H22N4O. The highest BCUT2D eigenvalue weighted by Crippen LogP contribution is 2.32. The number of benzodiazepines with no additional fused rings is 1. The van der Waals surface area contributed by atoms with Crippen LogP contribution in [0, 0.1) is 0 Å². The standard InChI is InChI=1S/C22H22N4O/c1-5-16-10-11-19-17(13-16)21(18-9-7-8-12-24-18)25-14-20(26(19)6-2)15(3)22(27)23-4/h5-13H,1-2,14H2,3-4H3,(H,23,27)/b20-15+. The maximum Gasteiger partial charge on any atom is 0.248 e. The van der Waals surface area contributed by atoms with Crippen molar-refractivity contribution in [1.29, 1.82) is 0 Å². The van der Waals surface area contributed by atoms with Gasteiger partial charge in [-0.15, -0.1) is 0 Å². The van der Waals surface area contributed by atoms with Crippen molar-refractivity contribution in [1.82, 2.24) is 10.3 Å². The fraction of sp³-hybridized carbons (Fsp3) is 0.136. The van der Waals surface area contributed by atoms with Crippen LogP contribution in [0.5, 0.6) is 0 Å². The maximum absolute atomic E-state index is 12.2. The maximum atomic E-state index is 12.2. The van der Waals surface area contributed by atoms with Crippen LogP contribution in [0.3, 0.4) is 0 Å². The molecule has 0 fully saturated rings. The fourth-order valence-corrected chi connectivity index (χ4v) is 3.09. The van der Waals surface area contributed by atoms with E-state index in [1.165, 1.54) is 0 Å². The molecule has 1 aliphatic rings. The van der Waals surface area contributed by atoms with Crippen molar-refractivity contribution >= 4 is 23.4 Å². The lowest BCUT2D eigenvalue weighted by Crippen LogP contribution is -2.26. The summed E-state index contributed by atoms with van der Waals surface area (Å²) in [4.78, 5) is 23.5. The highest BCUT2D eigenvalue weighted by atomic mass is 16.1. The average Bonchev–Trinajstić information content (AvgIpc) is 2.89. The van der Waals surface area contributed by atoms with Gasteiger partial charge in [-0.3, -0.25) is 14.8 Å². The van der Waals surface area contributed by atoms with Gasteiger partial charge in [-0.05, 0) is 36.8 Å². The Kier molecular flexibility index (Phi) is 5.31. The molecule has 0 atom stereocenters. The van der Waals surface area contributed by atoms with Crippen LogP contribution in [0.2, 0.25) is 0 Å². The van der Waals surface area contributed by atoms with Gasteiger partial charge in [0, 0.05) is 30.6 Å². The summed E-state index contributed by atoms with van der Waals surface area (Å²) in [6.45, 7) is 9.96. The first-order chi connectivity index (χ1) is 13.1. The third-order valence-electron chi connectivity index (χ3n) is 4.54. The minimum atomic E-state index is -0.141. The van der Waals surface area contributed by atoms with Gasteiger partial charge in [0.2, 0.25) is 5.91 Å². The molecule has 27 heavy (non-hydrogen) atoms. The van der Waals surface area contributed by atoms with E-state index in [0.717, 1.165) is 33.9 Å². The largest absolute Gasteiger partial charge is 0.355 e. The third-order valence-corrected chi connectivity index (χ3v) is 4.54. The van der Waals surface area contributed by atoms with Crippen LogP contribution >= 0.6 is 0 Å². The summed E-state index contributed by atoms with van der Waals surface area (Å²) in [5.41, 5.74) is 5.74. The number of nitrogens with zero attached hydrogens (tertiary/aromatic N) is 3. The summed E-state index contributed by atoms with van der Waals surface area (Å²) in [5.74, 6) is -0.141. The zero-order valence-electron chi connectivity index (χ0n) is 15.6. The normalized spacial score (nSPS) is 15.2. The molecular weight excluding hydrogens is 336 g/mol. The number of benzene rings is 1. The lowest BCUT2D eigenvalue weighted by Gasteiger charge is -2.24. The average molecular weight is 358 g/mol. The number of carbonyl (C=O) groups is 1. The number of likely N-dealkylation sites (N-methyl/N-ethyl adjacent to an activating group) is 1. The number of aliphatic imine (C=N–C) groups is 1. The molecule has 1 aromatic heterocycles. The Balaban J connectivity index is 2.29. The van der Waals surface area contributed by atoms with Crippen molar-refractivity contribution in [2.24, 2.45) is 4.99 Å². The van der Waals surface area contributed by atoms with Gasteiger partial charge in [-0.1, -0.05) is 31.4 Å². The third kappa shape index (κ3) is 3.44. The second-order valence-electron chi connectivity index (χ2n) is 6.06.